The SMILES string of the molecule is CCC(CC)(NS(=O)(=O)Cc1ccc(Cl)cc1)C(C)=O. The smallest absolute Gasteiger partial charge is 0.216 e. The van der Waals surface area contributed by atoms with Gasteiger partial charge in [-0.1, -0.05) is 37.6 Å². The highest BCUT2D eigenvalue weighted by Gasteiger charge is 2.35. The van der Waals surface area contributed by atoms with Crippen molar-refractivity contribution in [2.45, 2.75) is 44.9 Å². The third-order valence-electron chi connectivity index (χ3n) is 3.50. The molecule has 1 aromatic rings. The van der Waals surface area contributed by atoms with Crippen LogP contribution in [0.3, 0.4) is 0 Å². The second-order valence-corrected chi connectivity index (χ2v) is 6.99. The van der Waals surface area contributed by atoms with Crippen LogP contribution in [0.25, 0.3) is 0 Å². The lowest BCUT2D eigenvalue weighted by Crippen LogP contribution is -2.52. The van der Waals surface area contributed by atoms with Crippen LogP contribution in [0.4, 0.5) is 0 Å². The van der Waals surface area contributed by atoms with E-state index in [0.717, 1.165) is 0 Å². The van der Waals surface area contributed by atoms with Gasteiger partial charge in [-0.25, -0.2) is 13.1 Å². The summed E-state index contributed by atoms with van der Waals surface area (Å²) in [4.78, 5) is 11.8. The molecule has 20 heavy (non-hydrogen) atoms. The number of Topliss-reactive ketones (excluding diaryl/α,β-unsaturated/α-hetero) is 1. The van der Waals surface area contributed by atoms with E-state index in [1.807, 2.05) is 0 Å². The maximum Gasteiger partial charge on any atom is 0.216 e. The van der Waals surface area contributed by atoms with E-state index in [1.165, 1.54) is 6.92 Å². The van der Waals surface area contributed by atoms with Crippen LogP contribution in [0, 0.1) is 0 Å². The molecular weight excluding hydrogens is 298 g/mol. The Hall–Kier alpha value is -0.910. The largest absolute Gasteiger partial charge is 0.298 e. The highest BCUT2D eigenvalue weighted by Crippen LogP contribution is 2.19. The third-order valence-corrected chi connectivity index (χ3v) is 5.17. The van der Waals surface area contributed by atoms with E-state index in [0.29, 0.717) is 23.4 Å². The topological polar surface area (TPSA) is 63.2 Å². The highest BCUT2D eigenvalue weighted by molar-refractivity contribution is 7.88. The average Bonchev–Trinajstić information content (AvgIpc) is 2.38. The van der Waals surface area contributed by atoms with Crippen molar-refractivity contribution >= 4 is 27.4 Å². The normalized spacial score (nSPS) is 12.4. The predicted octanol–water partition coefficient (Wildman–Crippen LogP) is 2.91. The molecule has 6 heteroatoms. The van der Waals surface area contributed by atoms with Gasteiger partial charge in [0.15, 0.2) is 5.78 Å². The zero-order valence-corrected chi connectivity index (χ0v) is 13.5. The number of sulfonamides is 1. The molecule has 1 rings (SSSR count). The van der Waals surface area contributed by atoms with E-state index in [-0.39, 0.29) is 11.5 Å². The molecule has 0 fully saturated rings. The Kier molecular flexibility index (Phi) is 5.74. The lowest BCUT2D eigenvalue weighted by Gasteiger charge is -2.29. The highest BCUT2D eigenvalue weighted by atomic mass is 35.5. The van der Waals surface area contributed by atoms with E-state index < -0.39 is 15.6 Å². The molecule has 0 unspecified atom stereocenters. The third kappa shape index (κ3) is 4.30. The van der Waals surface area contributed by atoms with E-state index in [2.05, 4.69) is 4.72 Å². The number of benzene rings is 1. The summed E-state index contributed by atoms with van der Waals surface area (Å²) in [6.07, 6.45) is 0.858. The van der Waals surface area contributed by atoms with Gasteiger partial charge in [0.05, 0.1) is 11.3 Å². The summed E-state index contributed by atoms with van der Waals surface area (Å²) in [5, 5.41) is 0.555. The zero-order valence-electron chi connectivity index (χ0n) is 11.9. The Morgan fingerprint density at radius 3 is 2.10 bits per heavy atom. The molecule has 0 aromatic heterocycles. The first-order valence-electron chi connectivity index (χ1n) is 6.52. The number of hydrogen-bond donors (Lipinski definition) is 1. The molecule has 112 valence electrons. The van der Waals surface area contributed by atoms with Gasteiger partial charge in [-0.05, 0) is 37.5 Å². The molecule has 0 heterocycles. The van der Waals surface area contributed by atoms with Crippen LogP contribution in [-0.2, 0) is 20.6 Å². The summed E-state index contributed by atoms with van der Waals surface area (Å²) in [5.74, 6) is -0.332. The van der Waals surface area contributed by atoms with E-state index >= 15 is 0 Å². The average molecular weight is 318 g/mol. The predicted molar refractivity (Wildman–Crippen MR) is 81.2 cm³/mol. The van der Waals surface area contributed by atoms with Crippen molar-refractivity contribution in [2.75, 3.05) is 0 Å². The number of hydrogen-bond acceptors (Lipinski definition) is 3. The molecule has 0 radical (unpaired) electrons. The van der Waals surface area contributed by atoms with Gasteiger partial charge in [-0.2, -0.15) is 0 Å². The Balaban J connectivity index is 2.94. The summed E-state index contributed by atoms with van der Waals surface area (Å²) >= 11 is 5.77. The minimum absolute atomic E-state index is 0.165. The number of carbonyl (C=O) groups excluding carboxylic acids is 1. The maximum absolute atomic E-state index is 12.2. The van der Waals surface area contributed by atoms with Crippen LogP contribution in [-0.4, -0.2) is 19.7 Å². The molecule has 1 aromatic carbocycles. The van der Waals surface area contributed by atoms with Crippen LogP contribution in [0.2, 0.25) is 5.02 Å². The molecule has 1 N–H and O–H groups in total. The molecular formula is C14H20ClNO3S. The van der Waals surface area contributed by atoms with Gasteiger partial charge in [-0.15, -0.1) is 0 Å². The second-order valence-electron chi connectivity index (χ2n) is 4.83. The molecule has 0 bridgehead atoms. The van der Waals surface area contributed by atoms with E-state index in [9.17, 15) is 13.2 Å². The van der Waals surface area contributed by atoms with Crippen LogP contribution in [0.15, 0.2) is 24.3 Å². The summed E-state index contributed by atoms with van der Waals surface area (Å²) < 4.78 is 27.0. The molecule has 0 aliphatic carbocycles. The molecule has 0 saturated heterocycles. The van der Waals surface area contributed by atoms with E-state index in [1.54, 1.807) is 38.1 Å². The molecule has 4 nitrogen and oxygen atoms in total. The van der Waals surface area contributed by atoms with Crippen LogP contribution < -0.4 is 4.72 Å². The van der Waals surface area contributed by atoms with Gasteiger partial charge < -0.3 is 0 Å². The van der Waals surface area contributed by atoms with Crippen LogP contribution in [0.5, 0.6) is 0 Å². The van der Waals surface area contributed by atoms with Crippen molar-refractivity contribution in [3.63, 3.8) is 0 Å². The van der Waals surface area contributed by atoms with Gasteiger partial charge in [0.25, 0.3) is 0 Å². The lowest BCUT2D eigenvalue weighted by molar-refractivity contribution is -0.122. The first kappa shape index (κ1) is 17.1. The molecule has 0 aliphatic heterocycles. The van der Waals surface area contributed by atoms with Crippen molar-refractivity contribution in [2.24, 2.45) is 0 Å². The standard InChI is InChI=1S/C14H20ClNO3S/c1-4-14(5-2,11(3)17)16-20(18,19)10-12-6-8-13(15)9-7-12/h6-9,16H,4-5,10H2,1-3H3. The van der Waals surface area contributed by atoms with Gasteiger partial charge >= 0.3 is 0 Å². The van der Waals surface area contributed by atoms with Crippen molar-refractivity contribution in [3.05, 3.63) is 34.9 Å². The fourth-order valence-electron chi connectivity index (χ4n) is 2.10. The second kappa shape index (κ2) is 6.70. The lowest BCUT2D eigenvalue weighted by atomic mass is 9.90. The van der Waals surface area contributed by atoms with Crippen LogP contribution in [0.1, 0.15) is 39.2 Å². The molecule has 0 spiro atoms. The Labute approximate surface area is 125 Å². The number of ketones is 1. The number of carbonyl (C=O) groups is 1. The quantitative estimate of drug-likeness (QED) is 0.841. The van der Waals surface area contributed by atoms with Gasteiger partial charge in [0, 0.05) is 5.02 Å². The summed E-state index contributed by atoms with van der Waals surface area (Å²) in [6.45, 7) is 5.02. The van der Waals surface area contributed by atoms with Crippen molar-refractivity contribution in [1.29, 1.82) is 0 Å². The fourth-order valence-corrected chi connectivity index (χ4v) is 3.96. The molecule has 0 aliphatic rings. The van der Waals surface area contributed by atoms with Gasteiger partial charge in [0.1, 0.15) is 0 Å². The van der Waals surface area contributed by atoms with Crippen LogP contribution >= 0.6 is 11.6 Å². The Morgan fingerprint density at radius 1 is 1.20 bits per heavy atom. The number of rotatable bonds is 7. The molecule has 0 amide bonds. The Bertz CT molecular complexity index is 563. The van der Waals surface area contributed by atoms with E-state index in [4.69, 9.17) is 11.6 Å². The van der Waals surface area contributed by atoms with Crippen molar-refractivity contribution in [3.8, 4) is 0 Å². The number of halogens is 1. The Morgan fingerprint density at radius 2 is 1.70 bits per heavy atom. The first-order chi connectivity index (χ1) is 9.24. The number of nitrogens with one attached hydrogen (secondary N) is 1. The molecule has 0 saturated carbocycles. The van der Waals surface area contributed by atoms with Gasteiger partial charge in [0.2, 0.25) is 10.0 Å². The maximum atomic E-state index is 12.2. The van der Waals surface area contributed by atoms with Crippen molar-refractivity contribution < 1.29 is 13.2 Å². The first-order valence-corrected chi connectivity index (χ1v) is 8.55. The monoisotopic (exact) mass is 317 g/mol. The minimum atomic E-state index is -3.59. The summed E-state index contributed by atoms with van der Waals surface area (Å²) in [7, 11) is -3.59. The van der Waals surface area contributed by atoms with Crippen molar-refractivity contribution in [1.82, 2.24) is 4.72 Å². The van der Waals surface area contributed by atoms with Gasteiger partial charge in [-0.3, -0.25) is 4.79 Å². The summed E-state index contributed by atoms with van der Waals surface area (Å²) in [6, 6.07) is 6.61. The molecule has 0 atom stereocenters. The zero-order chi connectivity index (χ0) is 15.4. The minimum Gasteiger partial charge on any atom is -0.298 e. The summed E-state index contributed by atoms with van der Waals surface area (Å²) in [5.41, 5.74) is -0.378. The fraction of sp³-hybridized carbons (Fsp3) is 0.500.